The van der Waals surface area contributed by atoms with E-state index in [2.05, 4.69) is 20.2 Å². The monoisotopic (exact) mass is 397 g/mol. The van der Waals surface area contributed by atoms with Crippen molar-refractivity contribution in [2.75, 3.05) is 16.8 Å². The number of aromatic hydroxyl groups is 1. The van der Waals surface area contributed by atoms with Gasteiger partial charge >= 0.3 is 0 Å². The van der Waals surface area contributed by atoms with Crippen molar-refractivity contribution in [2.24, 2.45) is 5.14 Å². The molecule has 4 N–H and O–H groups in total. The van der Waals surface area contributed by atoms with Crippen molar-refractivity contribution in [1.29, 1.82) is 0 Å². The van der Waals surface area contributed by atoms with Gasteiger partial charge in [0.25, 0.3) is 0 Å². The highest BCUT2D eigenvalue weighted by atomic mass is 32.2. The van der Waals surface area contributed by atoms with Crippen LogP contribution in [0.25, 0.3) is 0 Å². The maximum atomic E-state index is 11.4. The van der Waals surface area contributed by atoms with E-state index in [-0.39, 0.29) is 10.6 Å². The molecular weight excluding hydrogens is 378 g/mol. The normalized spacial score (nSPS) is 13.8. The summed E-state index contributed by atoms with van der Waals surface area (Å²) >= 11 is 0. The smallest absolute Gasteiger partial charge is 0.238 e. The van der Waals surface area contributed by atoms with Gasteiger partial charge in [-0.15, -0.1) is 0 Å². The molecule has 8 nitrogen and oxygen atoms in total. The Morgan fingerprint density at radius 1 is 1.11 bits per heavy atom. The van der Waals surface area contributed by atoms with E-state index in [4.69, 9.17) is 5.14 Å². The number of nitrogens with zero attached hydrogens (tertiary/aromatic N) is 3. The second-order valence-electron chi connectivity index (χ2n) is 6.50. The predicted molar refractivity (Wildman–Crippen MR) is 107 cm³/mol. The minimum Gasteiger partial charge on any atom is -0.508 e. The fourth-order valence-corrected chi connectivity index (χ4v) is 3.75. The summed E-state index contributed by atoms with van der Waals surface area (Å²) < 4.78 is 22.7. The van der Waals surface area contributed by atoms with Gasteiger partial charge in [-0.2, -0.15) is 4.98 Å². The Bertz CT molecular complexity index is 1120. The van der Waals surface area contributed by atoms with Gasteiger partial charge in [-0.3, -0.25) is 0 Å². The fourth-order valence-electron chi connectivity index (χ4n) is 3.24. The lowest BCUT2D eigenvalue weighted by molar-refractivity contribution is 0.474. The van der Waals surface area contributed by atoms with Crippen molar-refractivity contribution < 1.29 is 13.5 Å². The minimum atomic E-state index is -3.73. The number of phenols is 1. The summed E-state index contributed by atoms with van der Waals surface area (Å²) in [4.78, 5) is 11.0. The van der Waals surface area contributed by atoms with E-state index >= 15 is 0 Å². The Morgan fingerprint density at radius 2 is 1.89 bits per heavy atom. The summed E-state index contributed by atoms with van der Waals surface area (Å²) in [5.41, 5.74) is 2.75. The lowest BCUT2D eigenvalue weighted by Crippen LogP contribution is -2.25. The molecule has 0 radical (unpaired) electrons. The average molecular weight is 397 g/mol. The van der Waals surface area contributed by atoms with Gasteiger partial charge in [-0.25, -0.2) is 18.5 Å². The van der Waals surface area contributed by atoms with E-state index in [0.717, 1.165) is 36.5 Å². The SMILES string of the molecule is NS(=O)(=O)c1ccc(Nc2nccc(N3CCCc4cc(O)ccc43)n2)cc1. The Labute approximate surface area is 162 Å². The van der Waals surface area contributed by atoms with Crippen LogP contribution in [0.2, 0.25) is 0 Å². The maximum absolute atomic E-state index is 11.4. The van der Waals surface area contributed by atoms with Crippen molar-refractivity contribution >= 4 is 33.2 Å². The highest BCUT2D eigenvalue weighted by Gasteiger charge is 2.20. The van der Waals surface area contributed by atoms with Crippen LogP contribution in [-0.2, 0) is 16.4 Å². The van der Waals surface area contributed by atoms with Crippen molar-refractivity contribution in [3.8, 4) is 5.75 Å². The highest BCUT2D eigenvalue weighted by molar-refractivity contribution is 7.89. The second kappa shape index (κ2) is 7.10. The van der Waals surface area contributed by atoms with Crippen LogP contribution in [0.15, 0.2) is 59.6 Å². The number of sulfonamides is 1. The first-order valence-corrected chi connectivity index (χ1v) is 10.3. The van der Waals surface area contributed by atoms with Crippen LogP contribution in [0.3, 0.4) is 0 Å². The number of hydrogen-bond donors (Lipinski definition) is 3. The summed E-state index contributed by atoms with van der Waals surface area (Å²) in [5, 5.41) is 17.9. The summed E-state index contributed by atoms with van der Waals surface area (Å²) in [6.45, 7) is 0.817. The zero-order valence-corrected chi connectivity index (χ0v) is 15.7. The number of aryl methyl sites for hydroxylation is 1. The molecular formula is C19H19N5O3S. The van der Waals surface area contributed by atoms with Crippen LogP contribution in [0, 0.1) is 0 Å². The van der Waals surface area contributed by atoms with Crippen LogP contribution >= 0.6 is 0 Å². The van der Waals surface area contributed by atoms with Gasteiger partial charge in [-0.05, 0) is 66.9 Å². The molecule has 0 unspecified atom stereocenters. The molecule has 0 saturated heterocycles. The molecule has 1 aromatic heterocycles. The lowest BCUT2D eigenvalue weighted by Gasteiger charge is -2.30. The molecule has 1 aliphatic rings. The predicted octanol–water partition coefficient (Wildman–Crippen LogP) is 2.66. The topological polar surface area (TPSA) is 121 Å². The molecule has 0 atom stereocenters. The van der Waals surface area contributed by atoms with Crippen LogP contribution in [0.1, 0.15) is 12.0 Å². The first kappa shape index (κ1) is 18.2. The molecule has 0 spiro atoms. The first-order valence-electron chi connectivity index (χ1n) is 8.72. The number of anilines is 4. The van der Waals surface area contributed by atoms with Gasteiger partial charge in [0, 0.05) is 24.1 Å². The van der Waals surface area contributed by atoms with E-state index in [1.54, 1.807) is 30.5 Å². The first-order chi connectivity index (χ1) is 13.4. The molecule has 2 aromatic carbocycles. The third kappa shape index (κ3) is 3.75. The summed E-state index contributed by atoms with van der Waals surface area (Å²) in [7, 11) is -3.73. The standard InChI is InChI=1S/C19H19N5O3S/c20-28(26,27)16-6-3-14(4-7-16)22-19-21-10-9-18(23-19)24-11-1-2-13-12-15(25)5-8-17(13)24/h3-10,12,25H,1-2,11H2,(H2,20,26,27)(H,21,22,23). The number of aromatic nitrogens is 2. The maximum Gasteiger partial charge on any atom is 0.238 e. The number of nitrogens with one attached hydrogen (secondary N) is 1. The van der Waals surface area contributed by atoms with Crippen molar-refractivity contribution in [1.82, 2.24) is 9.97 Å². The van der Waals surface area contributed by atoms with Gasteiger partial charge in [0.15, 0.2) is 0 Å². The zero-order valence-electron chi connectivity index (χ0n) is 14.9. The molecule has 2 heterocycles. The summed E-state index contributed by atoms with van der Waals surface area (Å²) in [5.74, 6) is 1.39. The molecule has 9 heteroatoms. The molecule has 0 saturated carbocycles. The zero-order chi connectivity index (χ0) is 19.7. The molecule has 0 amide bonds. The molecule has 0 aliphatic carbocycles. The fraction of sp³-hybridized carbons (Fsp3) is 0.158. The number of nitrogens with two attached hydrogens (primary N) is 1. The molecule has 3 aromatic rings. The Morgan fingerprint density at radius 3 is 2.64 bits per heavy atom. The Hall–Kier alpha value is -3.17. The van der Waals surface area contributed by atoms with Crippen molar-refractivity contribution in [2.45, 2.75) is 17.7 Å². The number of rotatable bonds is 4. The van der Waals surface area contributed by atoms with Crippen LogP contribution in [0.5, 0.6) is 5.75 Å². The van der Waals surface area contributed by atoms with Gasteiger partial charge in [0.2, 0.25) is 16.0 Å². The average Bonchev–Trinajstić information content (AvgIpc) is 2.67. The molecule has 0 bridgehead atoms. The number of hydrogen-bond acceptors (Lipinski definition) is 7. The lowest BCUT2D eigenvalue weighted by atomic mass is 10.0. The highest BCUT2D eigenvalue weighted by Crippen LogP contribution is 2.34. The largest absolute Gasteiger partial charge is 0.508 e. The van der Waals surface area contributed by atoms with Gasteiger partial charge in [0.05, 0.1) is 4.90 Å². The quantitative estimate of drug-likeness (QED) is 0.619. The molecule has 4 rings (SSSR count). The van der Waals surface area contributed by atoms with E-state index in [1.165, 1.54) is 12.1 Å². The van der Waals surface area contributed by atoms with E-state index in [9.17, 15) is 13.5 Å². The molecule has 1 aliphatic heterocycles. The summed E-state index contributed by atoms with van der Waals surface area (Å²) in [6, 6.07) is 13.2. The van der Waals surface area contributed by atoms with Gasteiger partial charge in [0.1, 0.15) is 11.6 Å². The third-order valence-corrected chi connectivity index (χ3v) is 5.47. The van der Waals surface area contributed by atoms with Crippen molar-refractivity contribution in [3.05, 3.63) is 60.3 Å². The number of benzene rings is 2. The Balaban J connectivity index is 1.59. The number of fused-ring (bicyclic) bond motifs is 1. The number of phenolic OH excluding ortho intramolecular Hbond substituents is 1. The van der Waals surface area contributed by atoms with Crippen LogP contribution in [-0.4, -0.2) is 30.0 Å². The van der Waals surface area contributed by atoms with Crippen LogP contribution < -0.4 is 15.4 Å². The molecule has 28 heavy (non-hydrogen) atoms. The summed E-state index contributed by atoms with van der Waals surface area (Å²) in [6.07, 6.45) is 3.53. The van der Waals surface area contributed by atoms with Crippen molar-refractivity contribution in [3.63, 3.8) is 0 Å². The van der Waals surface area contributed by atoms with E-state index < -0.39 is 10.0 Å². The van der Waals surface area contributed by atoms with Gasteiger partial charge < -0.3 is 15.3 Å². The third-order valence-electron chi connectivity index (χ3n) is 4.54. The molecule has 0 fully saturated rings. The second-order valence-corrected chi connectivity index (χ2v) is 8.06. The van der Waals surface area contributed by atoms with E-state index in [1.807, 2.05) is 12.1 Å². The Kier molecular flexibility index (Phi) is 4.62. The number of primary sulfonamides is 1. The van der Waals surface area contributed by atoms with Gasteiger partial charge in [-0.1, -0.05) is 0 Å². The molecule has 144 valence electrons. The van der Waals surface area contributed by atoms with Crippen LogP contribution in [0.4, 0.5) is 23.1 Å². The minimum absolute atomic E-state index is 0.0425. The van der Waals surface area contributed by atoms with E-state index in [0.29, 0.717) is 11.6 Å².